The fraction of sp³-hybridized carbons (Fsp3) is 0.721. The fourth-order valence-corrected chi connectivity index (χ4v) is 8.66. The van der Waals surface area contributed by atoms with Crippen LogP contribution in [0.1, 0.15) is 26.3 Å². The molecule has 21 atom stereocenters. The van der Waals surface area contributed by atoms with Gasteiger partial charge in [0.1, 0.15) is 84.9 Å². The Morgan fingerprint density at radius 1 is 0.514 bits per heavy atom. The van der Waals surface area contributed by atoms with Crippen LogP contribution in [0.3, 0.4) is 0 Å². The number of rotatable bonds is 16. The minimum atomic E-state index is -2.30. The molecule has 1 unspecified atom stereocenters. The highest BCUT2D eigenvalue weighted by molar-refractivity contribution is 5.88. The van der Waals surface area contributed by atoms with Gasteiger partial charge < -0.3 is 116 Å². The van der Waals surface area contributed by atoms with E-state index in [-0.39, 0.29) is 6.42 Å². The van der Waals surface area contributed by atoms with Crippen LogP contribution in [0.15, 0.2) is 30.3 Å². The summed E-state index contributed by atoms with van der Waals surface area (Å²) in [5.74, 6) is -6.19. The normalized spacial score (nSPS) is 37.5. The van der Waals surface area contributed by atoms with E-state index in [2.05, 4.69) is 26.6 Å². The van der Waals surface area contributed by atoms with Crippen molar-refractivity contribution in [2.24, 2.45) is 0 Å². The van der Waals surface area contributed by atoms with Gasteiger partial charge in [-0.1, -0.05) is 30.3 Å². The molecule has 1 aromatic rings. The number of methoxy groups -OCH3 is 1. The van der Waals surface area contributed by atoms with E-state index < -0.39 is 196 Å². The summed E-state index contributed by atoms with van der Waals surface area (Å²) in [7, 11) is 1.07. The van der Waals surface area contributed by atoms with Gasteiger partial charge in [0.25, 0.3) is 23.6 Å². The number of amides is 5. The molecule has 5 rings (SSSR count). The molecule has 4 aliphatic heterocycles. The zero-order chi connectivity index (χ0) is 53.5. The standard InChI is InChI=1S/C43H65N5O24/c1-43(2,3)72-42(66)48-24-28(56)20(14-52)71-36(32(24)60)40(64)47-23-27(55)19(13-51)70-35(31(23)59)39(63)46-22-26(54)18(12-50)69-34(30(22)58)38(62)45-21-25(53)17(11-49)68-33(29(21)57)37(61)44-16(41(65)67-4)10-15-8-6-5-7-9-15/h5-9,16-36,49-60H,10-14H2,1-4H3,(H,44,61)(H,45,62)(H,46,63)(H,47,64)(H,48,66)/t16?,17-,18-,19-,20-,21+,22+,23+,24+,25-,26-,27-,28-,29-,30-,31-,32-,33-,34-,35-,36-/m1/s1. The molecule has 0 radical (unpaired) electrons. The average molecular weight is 1040 g/mol. The Kier molecular flexibility index (Phi) is 20.1. The summed E-state index contributed by atoms with van der Waals surface area (Å²) in [5, 5.41) is 141. The monoisotopic (exact) mass is 1040 g/mol. The van der Waals surface area contributed by atoms with E-state index >= 15 is 0 Å². The first kappa shape index (κ1) is 58.1. The molecule has 72 heavy (non-hydrogen) atoms. The third-order valence-corrected chi connectivity index (χ3v) is 12.4. The van der Waals surface area contributed by atoms with Crippen LogP contribution in [-0.4, -0.2) is 264 Å². The Bertz CT molecular complexity index is 2020. The largest absolute Gasteiger partial charge is 0.467 e. The molecule has 29 nitrogen and oxygen atoms in total. The maximum absolute atomic E-state index is 13.9. The van der Waals surface area contributed by atoms with Crippen LogP contribution in [0.2, 0.25) is 0 Å². The number of hydrogen-bond donors (Lipinski definition) is 17. The van der Waals surface area contributed by atoms with Crippen LogP contribution in [0.4, 0.5) is 4.79 Å². The lowest BCUT2D eigenvalue weighted by molar-refractivity contribution is -0.215. The SMILES string of the molecule is COC(=O)C(Cc1ccccc1)NC(=O)[C@@H]1O[C@H](CO)[C@@H](O)[C@H](NC(=O)[C@@H]2O[C@H](CO)[C@@H](O)[C@H](NC(=O)[C@@H]3O[C@H](CO)[C@@H](O)[C@H](NC(=O)[C@@H]4O[C@H](CO)[C@@H](O)[C@H](NC(=O)OC(C)(C)C)[C@H]4O)[C@H]3O)[C@H]2O)[C@H]1O. The molecule has 0 aromatic heterocycles. The van der Waals surface area contributed by atoms with Gasteiger partial charge in [-0.3, -0.25) is 19.2 Å². The lowest BCUT2D eigenvalue weighted by atomic mass is 9.88. The highest BCUT2D eigenvalue weighted by Gasteiger charge is 2.55. The van der Waals surface area contributed by atoms with Crippen molar-refractivity contribution in [2.45, 2.75) is 161 Å². The van der Waals surface area contributed by atoms with Crippen LogP contribution in [-0.2, 0) is 58.8 Å². The number of carbonyl (C=O) groups is 6. The number of nitrogens with one attached hydrogen (secondary N) is 5. The van der Waals surface area contributed by atoms with E-state index in [0.717, 1.165) is 7.11 Å². The van der Waals surface area contributed by atoms with Crippen LogP contribution in [0.5, 0.6) is 0 Å². The Balaban J connectivity index is 1.31. The molecule has 4 fully saturated rings. The smallest absolute Gasteiger partial charge is 0.408 e. The second kappa shape index (κ2) is 25.0. The zero-order valence-corrected chi connectivity index (χ0v) is 39.3. The van der Waals surface area contributed by atoms with Crippen molar-refractivity contribution in [3.05, 3.63) is 35.9 Å². The van der Waals surface area contributed by atoms with Crippen molar-refractivity contribution < 1.29 is 118 Å². The number of alkyl carbamates (subject to hydrolysis) is 1. The Morgan fingerprint density at radius 3 is 1.14 bits per heavy atom. The van der Waals surface area contributed by atoms with Crippen molar-refractivity contribution >= 4 is 35.7 Å². The average Bonchev–Trinajstić information content (AvgIpc) is 3.33. The summed E-state index contributed by atoms with van der Waals surface area (Å²) in [6, 6.07) is -0.526. The van der Waals surface area contributed by atoms with E-state index in [4.69, 9.17) is 28.4 Å². The van der Waals surface area contributed by atoms with Gasteiger partial charge >= 0.3 is 12.1 Å². The van der Waals surface area contributed by atoms with E-state index in [1.165, 1.54) is 20.8 Å². The first-order chi connectivity index (χ1) is 33.9. The van der Waals surface area contributed by atoms with Gasteiger partial charge in [-0.05, 0) is 26.3 Å². The molecule has 5 amide bonds. The second-order valence-corrected chi connectivity index (χ2v) is 18.6. The van der Waals surface area contributed by atoms with E-state index in [0.29, 0.717) is 5.56 Å². The number of aliphatic hydroxyl groups excluding tert-OH is 12. The van der Waals surface area contributed by atoms with Crippen LogP contribution >= 0.6 is 0 Å². The molecule has 29 heteroatoms. The van der Waals surface area contributed by atoms with Crippen LogP contribution < -0.4 is 26.6 Å². The molecule has 0 saturated carbocycles. The maximum Gasteiger partial charge on any atom is 0.408 e. The number of benzene rings is 1. The fourth-order valence-electron chi connectivity index (χ4n) is 8.66. The molecule has 4 heterocycles. The number of carbonyl (C=O) groups excluding carboxylic acids is 6. The molecule has 17 N–H and O–H groups in total. The first-order valence-corrected chi connectivity index (χ1v) is 22.7. The van der Waals surface area contributed by atoms with Crippen molar-refractivity contribution in [1.82, 2.24) is 26.6 Å². The molecule has 4 aliphatic rings. The zero-order valence-electron chi connectivity index (χ0n) is 39.3. The second-order valence-electron chi connectivity index (χ2n) is 18.6. The molecule has 0 aliphatic carbocycles. The number of ether oxygens (including phenoxy) is 6. The number of hydrogen-bond acceptors (Lipinski definition) is 24. The quantitative estimate of drug-likeness (QED) is 0.0684. The Hall–Kier alpha value is -4.80. The summed E-state index contributed by atoms with van der Waals surface area (Å²) >= 11 is 0. The predicted molar refractivity (Wildman–Crippen MR) is 234 cm³/mol. The van der Waals surface area contributed by atoms with Crippen molar-refractivity contribution in [2.75, 3.05) is 33.5 Å². The molecule has 0 spiro atoms. The molecule has 1 aromatic carbocycles. The summed E-state index contributed by atoms with van der Waals surface area (Å²) in [4.78, 5) is 80.3. The number of aliphatic hydroxyl groups is 12. The third kappa shape index (κ3) is 13.3. The first-order valence-electron chi connectivity index (χ1n) is 22.7. The lowest BCUT2D eigenvalue weighted by Gasteiger charge is -2.46. The van der Waals surface area contributed by atoms with Gasteiger partial charge in [-0.2, -0.15) is 0 Å². The molecular formula is C43H65N5O24. The van der Waals surface area contributed by atoms with E-state index in [9.17, 15) is 90.0 Å². The molecule has 4 saturated heterocycles. The third-order valence-electron chi connectivity index (χ3n) is 12.4. The maximum atomic E-state index is 13.9. The van der Waals surface area contributed by atoms with Gasteiger partial charge in [0.15, 0.2) is 24.4 Å². The van der Waals surface area contributed by atoms with Gasteiger partial charge in [0, 0.05) is 6.42 Å². The summed E-state index contributed by atoms with van der Waals surface area (Å²) in [6.45, 7) is 0.512. The highest BCUT2D eigenvalue weighted by atomic mass is 16.6. The van der Waals surface area contributed by atoms with Crippen molar-refractivity contribution in [3.8, 4) is 0 Å². The van der Waals surface area contributed by atoms with Crippen molar-refractivity contribution in [1.29, 1.82) is 0 Å². The minimum absolute atomic E-state index is 0.0775. The van der Waals surface area contributed by atoms with Crippen LogP contribution in [0.25, 0.3) is 0 Å². The topological polar surface area (TPSA) is 461 Å². The molecular weight excluding hydrogens is 970 g/mol. The summed E-state index contributed by atoms with van der Waals surface area (Å²) in [6.07, 6.45) is -33.1. The van der Waals surface area contributed by atoms with Gasteiger partial charge in [-0.15, -0.1) is 0 Å². The van der Waals surface area contributed by atoms with E-state index in [1.54, 1.807) is 30.3 Å². The van der Waals surface area contributed by atoms with Crippen LogP contribution in [0, 0.1) is 0 Å². The summed E-state index contributed by atoms with van der Waals surface area (Å²) in [5.41, 5.74) is -0.443. The molecule has 0 bridgehead atoms. The predicted octanol–water partition coefficient (Wildman–Crippen LogP) is -9.84. The Labute approximate surface area is 410 Å². The Morgan fingerprint density at radius 2 is 0.833 bits per heavy atom. The van der Waals surface area contributed by atoms with Crippen molar-refractivity contribution in [3.63, 3.8) is 0 Å². The molecule has 406 valence electrons. The highest BCUT2D eigenvalue weighted by Crippen LogP contribution is 2.29. The minimum Gasteiger partial charge on any atom is -0.467 e. The van der Waals surface area contributed by atoms with Gasteiger partial charge in [0.05, 0.1) is 57.7 Å². The number of esters is 1. The summed E-state index contributed by atoms with van der Waals surface area (Å²) < 4.78 is 31.7. The van der Waals surface area contributed by atoms with E-state index in [1.807, 2.05) is 0 Å². The lowest BCUT2D eigenvalue weighted by Crippen LogP contribution is -2.73. The van der Waals surface area contributed by atoms with Gasteiger partial charge in [-0.25, -0.2) is 9.59 Å². The van der Waals surface area contributed by atoms with Gasteiger partial charge in [0.2, 0.25) is 0 Å².